The summed E-state index contributed by atoms with van der Waals surface area (Å²) in [5, 5.41) is 4.22. The molecule has 0 saturated carbocycles. The molecule has 19 heavy (non-hydrogen) atoms. The minimum Gasteiger partial charge on any atom is -0.466 e. The number of hydrogen-bond acceptors (Lipinski definition) is 4. The Bertz CT molecular complexity index is 411. The minimum absolute atomic E-state index is 0.122. The van der Waals surface area contributed by atoms with Gasteiger partial charge in [-0.2, -0.15) is 5.10 Å². The van der Waals surface area contributed by atoms with Gasteiger partial charge >= 0.3 is 5.97 Å². The van der Waals surface area contributed by atoms with Gasteiger partial charge < -0.3 is 9.47 Å². The molecule has 5 nitrogen and oxygen atoms in total. The number of aromatic nitrogens is 2. The Kier molecular flexibility index (Phi) is 4.96. The summed E-state index contributed by atoms with van der Waals surface area (Å²) in [6.07, 6.45) is 6.29. The van der Waals surface area contributed by atoms with Crippen molar-refractivity contribution in [2.75, 3.05) is 19.8 Å². The molecular formula is C14H22N2O3. The molecule has 0 amide bonds. The van der Waals surface area contributed by atoms with Crippen LogP contribution in [0.5, 0.6) is 0 Å². The number of carbonyl (C=O) groups is 1. The maximum absolute atomic E-state index is 11.8. The Hall–Kier alpha value is -1.36. The van der Waals surface area contributed by atoms with E-state index in [0.717, 1.165) is 31.6 Å². The lowest BCUT2D eigenvalue weighted by Crippen LogP contribution is -2.24. The molecular weight excluding hydrogens is 244 g/mol. The van der Waals surface area contributed by atoms with Crippen LogP contribution < -0.4 is 0 Å². The number of hydrogen-bond donors (Lipinski definition) is 0. The molecule has 1 aliphatic heterocycles. The Morgan fingerprint density at radius 3 is 2.89 bits per heavy atom. The lowest BCUT2D eigenvalue weighted by Gasteiger charge is -2.29. The second-order valence-electron chi connectivity index (χ2n) is 5.01. The predicted molar refractivity (Wildman–Crippen MR) is 70.7 cm³/mol. The van der Waals surface area contributed by atoms with Gasteiger partial charge in [-0.3, -0.25) is 9.48 Å². The summed E-state index contributed by atoms with van der Waals surface area (Å²) in [5.41, 5.74) is 1.13. The van der Waals surface area contributed by atoms with Crippen LogP contribution in [0.2, 0.25) is 0 Å². The molecule has 1 saturated heterocycles. The minimum atomic E-state index is -0.122. The zero-order chi connectivity index (χ0) is 13.7. The van der Waals surface area contributed by atoms with E-state index in [-0.39, 0.29) is 11.9 Å². The molecule has 0 aliphatic carbocycles. The number of aryl methyl sites for hydroxylation is 1. The van der Waals surface area contributed by atoms with Gasteiger partial charge in [-0.25, -0.2) is 0 Å². The van der Waals surface area contributed by atoms with E-state index < -0.39 is 0 Å². The number of ether oxygens (including phenoxy) is 2. The molecule has 1 aliphatic rings. The van der Waals surface area contributed by atoms with E-state index in [1.54, 1.807) is 4.68 Å². The maximum Gasteiger partial charge on any atom is 0.306 e. The molecule has 1 aromatic rings. The number of esters is 1. The van der Waals surface area contributed by atoms with Crippen LogP contribution in [0.1, 0.15) is 37.7 Å². The van der Waals surface area contributed by atoms with E-state index in [9.17, 15) is 4.79 Å². The smallest absolute Gasteiger partial charge is 0.306 e. The fraction of sp³-hybridized carbons (Fsp3) is 0.714. The van der Waals surface area contributed by atoms with Gasteiger partial charge in [-0.15, -0.1) is 0 Å². The third-order valence-electron chi connectivity index (χ3n) is 3.68. The summed E-state index contributed by atoms with van der Waals surface area (Å²) in [7, 11) is 1.90. The van der Waals surface area contributed by atoms with Gasteiger partial charge in [0.15, 0.2) is 0 Å². The fourth-order valence-electron chi connectivity index (χ4n) is 2.71. The molecule has 0 bridgehead atoms. The monoisotopic (exact) mass is 266 g/mol. The third-order valence-corrected chi connectivity index (χ3v) is 3.68. The normalized spacial score (nSPS) is 18.2. The van der Waals surface area contributed by atoms with Crippen molar-refractivity contribution in [3.8, 4) is 0 Å². The highest BCUT2D eigenvalue weighted by Crippen LogP contribution is 2.34. The van der Waals surface area contributed by atoms with Gasteiger partial charge in [0.05, 0.1) is 19.2 Å². The van der Waals surface area contributed by atoms with Crippen molar-refractivity contribution in [2.45, 2.75) is 32.1 Å². The van der Waals surface area contributed by atoms with Gasteiger partial charge in [-0.05, 0) is 31.2 Å². The van der Waals surface area contributed by atoms with Crippen LogP contribution in [0.3, 0.4) is 0 Å². The van der Waals surface area contributed by atoms with Crippen molar-refractivity contribution in [2.24, 2.45) is 13.0 Å². The summed E-state index contributed by atoms with van der Waals surface area (Å²) < 4.78 is 12.3. The molecule has 1 fully saturated rings. The van der Waals surface area contributed by atoms with Crippen LogP contribution in [-0.4, -0.2) is 35.6 Å². The van der Waals surface area contributed by atoms with Crippen LogP contribution in [0, 0.1) is 5.92 Å². The Balaban J connectivity index is 2.10. The fourth-order valence-corrected chi connectivity index (χ4v) is 2.71. The molecule has 0 unspecified atom stereocenters. The summed E-state index contributed by atoms with van der Waals surface area (Å²) in [5.74, 6) is 0.543. The van der Waals surface area contributed by atoms with Gasteiger partial charge in [0.25, 0.3) is 0 Å². The summed E-state index contributed by atoms with van der Waals surface area (Å²) >= 11 is 0. The topological polar surface area (TPSA) is 53.3 Å². The molecule has 0 spiro atoms. The van der Waals surface area contributed by atoms with Crippen LogP contribution >= 0.6 is 0 Å². The number of rotatable bonds is 5. The average molecular weight is 266 g/mol. The molecule has 5 heteroatoms. The van der Waals surface area contributed by atoms with E-state index in [2.05, 4.69) is 5.10 Å². The molecule has 1 atom stereocenters. The SMILES string of the molecule is CCOC(=O)C[C@@H](c1cnn(C)c1)C1CCOCC1. The average Bonchev–Trinajstić information content (AvgIpc) is 2.84. The van der Waals surface area contributed by atoms with Gasteiger partial charge in [0.2, 0.25) is 0 Å². The van der Waals surface area contributed by atoms with Crippen LogP contribution in [0.25, 0.3) is 0 Å². The van der Waals surface area contributed by atoms with Crippen molar-refractivity contribution in [1.82, 2.24) is 9.78 Å². The first-order valence-corrected chi connectivity index (χ1v) is 6.92. The second-order valence-corrected chi connectivity index (χ2v) is 5.01. The van der Waals surface area contributed by atoms with E-state index in [0.29, 0.717) is 18.9 Å². The zero-order valence-electron chi connectivity index (χ0n) is 11.7. The van der Waals surface area contributed by atoms with E-state index in [4.69, 9.17) is 9.47 Å². The summed E-state index contributed by atoms with van der Waals surface area (Å²) in [6.45, 7) is 3.84. The van der Waals surface area contributed by atoms with E-state index in [1.807, 2.05) is 26.4 Å². The van der Waals surface area contributed by atoms with Crippen LogP contribution in [0.15, 0.2) is 12.4 Å². The van der Waals surface area contributed by atoms with Crippen molar-refractivity contribution in [3.05, 3.63) is 18.0 Å². The molecule has 0 aromatic carbocycles. The number of carbonyl (C=O) groups excluding carboxylic acids is 1. The van der Waals surface area contributed by atoms with Crippen molar-refractivity contribution in [1.29, 1.82) is 0 Å². The van der Waals surface area contributed by atoms with E-state index in [1.165, 1.54) is 0 Å². The van der Waals surface area contributed by atoms with Gasteiger partial charge in [-0.1, -0.05) is 0 Å². The molecule has 106 valence electrons. The highest BCUT2D eigenvalue weighted by molar-refractivity contribution is 5.70. The Morgan fingerprint density at radius 1 is 1.58 bits per heavy atom. The highest BCUT2D eigenvalue weighted by atomic mass is 16.5. The second kappa shape index (κ2) is 6.70. The first-order valence-electron chi connectivity index (χ1n) is 6.92. The van der Waals surface area contributed by atoms with Crippen molar-refractivity contribution < 1.29 is 14.3 Å². The predicted octanol–water partition coefficient (Wildman–Crippen LogP) is 1.88. The molecule has 0 N–H and O–H groups in total. The molecule has 2 rings (SSSR count). The van der Waals surface area contributed by atoms with E-state index >= 15 is 0 Å². The zero-order valence-corrected chi connectivity index (χ0v) is 11.7. The quantitative estimate of drug-likeness (QED) is 0.764. The highest BCUT2D eigenvalue weighted by Gasteiger charge is 2.28. The third kappa shape index (κ3) is 3.80. The Labute approximate surface area is 113 Å². The first kappa shape index (κ1) is 14.1. The van der Waals surface area contributed by atoms with Crippen molar-refractivity contribution in [3.63, 3.8) is 0 Å². The lowest BCUT2D eigenvalue weighted by atomic mass is 9.80. The molecule has 2 heterocycles. The molecule has 0 radical (unpaired) electrons. The van der Waals surface area contributed by atoms with Gasteiger partial charge in [0.1, 0.15) is 0 Å². The summed E-state index contributed by atoms with van der Waals surface area (Å²) in [6, 6.07) is 0. The largest absolute Gasteiger partial charge is 0.466 e. The summed E-state index contributed by atoms with van der Waals surface area (Å²) in [4.78, 5) is 11.8. The maximum atomic E-state index is 11.8. The molecule has 1 aromatic heterocycles. The lowest BCUT2D eigenvalue weighted by molar-refractivity contribution is -0.144. The first-order chi connectivity index (χ1) is 9.20. The number of nitrogens with zero attached hydrogens (tertiary/aromatic N) is 2. The van der Waals surface area contributed by atoms with Crippen LogP contribution in [-0.2, 0) is 21.3 Å². The van der Waals surface area contributed by atoms with Crippen LogP contribution in [0.4, 0.5) is 0 Å². The Morgan fingerprint density at radius 2 is 2.32 bits per heavy atom. The van der Waals surface area contributed by atoms with Crippen molar-refractivity contribution >= 4 is 5.97 Å². The van der Waals surface area contributed by atoms with Gasteiger partial charge in [0, 0.05) is 32.4 Å². The standard InChI is InChI=1S/C14H22N2O3/c1-3-19-14(17)8-13(11-4-6-18-7-5-11)12-9-15-16(2)10-12/h9-11,13H,3-8H2,1-2H3/t13-/m1/s1.